The molecule has 0 amide bonds. The van der Waals surface area contributed by atoms with Crippen molar-refractivity contribution in [1.29, 1.82) is 0 Å². The maximum absolute atomic E-state index is 5.90. The molecule has 3 heteroatoms. The van der Waals surface area contributed by atoms with E-state index in [4.69, 9.17) is 5.73 Å². The lowest BCUT2D eigenvalue weighted by Gasteiger charge is -2.13. The van der Waals surface area contributed by atoms with Crippen LogP contribution < -0.4 is 5.73 Å². The van der Waals surface area contributed by atoms with E-state index in [1.807, 2.05) is 19.9 Å². The van der Waals surface area contributed by atoms with E-state index in [1.54, 1.807) is 0 Å². The third-order valence-corrected chi connectivity index (χ3v) is 3.61. The first-order chi connectivity index (χ1) is 8.90. The fourth-order valence-electron chi connectivity index (χ4n) is 2.17. The van der Waals surface area contributed by atoms with Crippen molar-refractivity contribution in [1.82, 2.24) is 9.97 Å². The zero-order chi connectivity index (χ0) is 14.2. The van der Waals surface area contributed by atoms with Crippen LogP contribution in [0.2, 0.25) is 0 Å². The molecule has 0 aliphatic rings. The van der Waals surface area contributed by atoms with Gasteiger partial charge in [0.15, 0.2) is 0 Å². The van der Waals surface area contributed by atoms with Gasteiger partial charge < -0.3 is 5.73 Å². The molecule has 0 aliphatic heterocycles. The van der Waals surface area contributed by atoms with Gasteiger partial charge in [0.05, 0.1) is 11.7 Å². The van der Waals surface area contributed by atoms with Gasteiger partial charge in [0.25, 0.3) is 0 Å². The highest BCUT2D eigenvalue weighted by Crippen LogP contribution is 2.26. The molecule has 0 aliphatic carbocycles. The first kappa shape index (κ1) is 13.7. The van der Waals surface area contributed by atoms with Crippen molar-refractivity contribution in [3.8, 4) is 11.3 Å². The molecule has 0 radical (unpaired) electrons. The molecule has 1 aromatic heterocycles. The van der Waals surface area contributed by atoms with Gasteiger partial charge in [-0.3, -0.25) is 0 Å². The standard InChI is InChI=1S/C16H21N3/c1-9-6-7-14(12(4)11(9)3)15-8-10(2)18-16(19-15)13(5)17/h6-8,13H,17H2,1-5H3. The summed E-state index contributed by atoms with van der Waals surface area (Å²) in [5.41, 5.74) is 12.9. The van der Waals surface area contributed by atoms with Crippen LogP contribution in [0.5, 0.6) is 0 Å². The minimum Gasteiger partial charge on any atom is -0.322 e. The fraction of sp³-hybridized carbons (Fsp3) is 0.375. The molecule has 3 nitrogen and oxygen atoms in total. The average Bonchev–Trinajstić information content (AvgIpc) is 2.35. The molecule has 2 N–H and O–H groups in total. The summed E-state index contributed by atoms with van der Waals surface area (Å²) in [5.74, 6) is 0.702. The van der Waals surface area contributed by atoms with Gasteiger partial charge in [-0.15, -0.1) is 0 Å². The molecule has 0 spiro atoms. The maximum atomic E-state index is 5.90. The van der Waals surface area contributed by atoms with E-state index in [0.717, 1.165) is 17.0 Å². The van der Waals surface area contributed by atoms with E-state index in [9.17, 15) is 0 Å². The summed E-state index contributed by atoms with van der Waals surface area (Å²) >= 11 is 0. The predicted molar refractivity (Wildman–Crippen MR) is 79.0 cm³/mol. The zero-order valence-electron chi connectivity index (χ0n) is 12.3. The second-order valence-corrected chi connectivity index (χ2v) is 5.22. The van der Waals surface area contributed by atoms with Crippen molar-refractivity contribution in [3.63, 3.8) is 0 Å². The highest BCUT2D eigenvalue weighted by molar-refractivity contribution is 5.66. The molecule has 2 rings (SSSR count). The van der Waals surface area contributed by atoms with Gasteiger partial charge in [-0.1, -0.05) is 12.1 Å². The van der Waals surface area contributed by atoms with E-state index in [0.29, 0.717) is 5.82 Å². The van der Waals surface area contributed by atoms with Crippen LogP contribution >= 0.6 is 0 Å². The number of aryl methyl sites for hydroxylation is 2. The molecule has 1 aromatic carbocycles. The Bertz CT molecular complexity index is 616. The Morgan fingerprint density at radius 3 is 2.32 bits per heavy atom. The Hall–Kier alpha value is -1.74. The van der Waals surface area contributed by atoms with E-state index in [1.165, 1.54) is 16.7 Å². The first-order valence-electron chi connectivity index (χ1n) is 6.58. The van der Waals surface area contributed by atoms with Crippen molar-refractivity contribution in [3.05, 3.63) is 46.4 Å². The van der Waals surface area contributed by atoms with Crippen molar-refractivity contribution in [2.45, 2.75) is 40.7 Å². The SMILES string of the molecule is Cc1cc(-c2ccc(C)c(C)c2C)nc(C(C)N)n1. The van der Waals surface area contributed by atoms with Crippen molar-refractivity contribution in [2.24, 2.45) is 5.73 Å². The number of nitrogens with two attached hydrogens (primary N) is 1. The largest absolute Gasteiger partial charge is 0.322 e. The van der Waals surface area contributed by atoms with Crippen molar-refractivity contribution in [2.75, 3.05) is 0 Å². The molecule has 1 heterocycles. The van der Waals surface area contributed by atoms with Gasteiger partial charge in [0.1, 0.15) is 5.82 Å². The molecule has 19 heavy (non-hydrogen) atoms. The van der Waals surface area contributed by atoms with Crippen molar-refractivity contribution < 1.29 is 0 Å². The van der Waals surface area contributed by atoms with Crippen LogP contribution in [0.1, 0.15) is 41.2 Å². The Morgan fingerprint density at radius 2 is 1.68 bits per heavy atom. The normalized spacial score (nSPS) is 12.5. The fourth-order valence-corrected chi connectivity index (χ4v) is 2.17. The first-order valence-corrected chi connectivity index (χ1v) is 6.58. The van der Waals surface area contributed by atoms with Crippen LogP contribution in [0.3, 0.4) is 0 Å². The molecule has 0 saturated heterocycles. The van der Waals surface area contributed by atoms with Crippen LogP contribution in [-0.4, -0.2) is 9.97 Å². The van der Waals surface area contributed by atoms with Crippen LogP contribution in [0, 0.1) is 27.7 Å². The third-order valence-electron chi connectivity index (χ3n) is 3.61. The van der Waals surface area contributed by atoms with Crippen molar-refractivity contribution >= 4 is 0 Å². The van der Waals surface area contributed by atoms with E-state index in [2.05, 4.69) is 42.9 Å². The number of rotatable bonds is 2. The van der Waals surface area contributed by atoms with Gasteiger partial charge in [-0.25, -0.2) is 9.97 Å². The predicted octanol–water partition coefficient (Wildman–Crippen LogP) is 3.40. The van der Waals surface area contributed by atoms with Gasteiger partial charge in [0, 0.05) is 11.3 Å². The maximum Gasteiger partial charge on any atom is 0.145 e. The van der Waals surface area contributed by atoms with Gasteiger partial charge >= 0.3 is 0 Å². The van der Waals surface area contributed by atoms with E-state index >= 15 is 0 Å². The van der Waals surface area contributed by atoms with E-state index in [-0.39, 0.29) is 6.04 Å². The lowest BCUT2D eigenvalue weighted by atomic mass is 9.96. The Balaban J connectivity index is 2.62. The molecule has 100 valence electrons. The van der Waals surface area contributed by atoms with Crippen LogP contribution in [-0.2, 0) is 0 Å². The highest BCUT2D eigenvalue weighted by Gasteiger charge is 2.11. The second-order valence-electron chi connectivity index (χ2n) is 5.22. The number of aromatic nitrogens is 2. The van der Waals surface area contributed by atoms with Crippen LogP contribution in [0.4, 0.5) is 0 Å². The van der Waals surface area contributed by atoms with Crippen LogP contribution in [0.25, 0.3) is 11.3 Å². The summed E-state index contributed by atoms with van der Waals surface area (Å²) in [7, 11) is 0. The van der Waals surface area contributed by atoms with Gasteiger partial charge in [0.2, 0.25) is 0 Å². The Kier molecular flexibility index (Phi) is 3.67. The minimum atomic E-state index is -0.148. The average molecular weight is 255 g/mol. The van der Waals surface area contributed by atoms with Crippen LogP contribution in [0.15, 0.2) is 18.2 Å². The molecule has 2 aromatic rings. The molecular formula is C16H21N3. The summed E-state index contributed by atoms with van der Waals surface area (Å²) in [6.45, 7) is 10.3. The summed E-state index contributed by atoms with van der Waals surface area (Å²) < 4.78 is 0. The Labute approximate surface area is 114 Å². The smallest absolute Gasteiger partial charge is 0.145 e. The molecule has 1 unspecified atom stereocenters. The summed E-state index contributed by atoms with van der Waals surface area (Å²) in [5, 5.41) is 0. The topological polar surface area (TPSA) is 51.8 Å². The van der Waals surface area contributed by atoms with Gasteiger partial charge in [-0.2, -0.15) is 0 Å². The Morgan fingerprint density at radius 1 is 1.00 bits per heavy atom. The molecular weight excluding hydrogens is 234 g/mol. The number of benzene rings is 1. The van der Waals surface area contributed by atoms with Gasteiger partial charge in [-0.05, 0) is 57.4 Å². The second kappa shape index (κ2) is 5.10. The third kappa shape index (κ3) is 2.66. The number of hydrogen-bond donors (Lipinski definition) is 1. The summed E-state index contributed by atoms with van der Waals surface area (Å²) in [6, 6.07) is 6.14. The summed E-state index contributed by atoms with van der Waals surface area (Å²) in [6.07, 6.45) is 0. The number of nitrogens with zero attached hydrogens (tertiary/aromatic N) is 2. The number of hydrogen-bond acceptors (Lipinski definition) is 3. The molecule has 0 saturated carbocycles. The minimum absolute atomic E-state index is 0.148. The highest BCUT2D eigenvalue weighted by atomic mass is 14.9. The lowest BCUT2D eigenvalue weighted by Crippen LogP contribution is -2.11. The quantitative estimate of drug-likeness (QED) is 0.894. The van der Waals surface area contributed by atoms with E-state index < -0.39 is 0 Å². The molecule has 0 fully saturated rings. The monoisotopic (exact) mass is 255 g/mol. The molecule has 0 bridgehead atoms. The summed E-state index contributed by atoms with van der Waals surface area (Å²) in [4.78, 5) is 8.99. The lowest BCUT2D eigenvalue weighted by molar-refractivity contribution is 0.734. The zero-order valence-corrected chi connectivity index (χ0v) is 12.3. The molecule has 1 atom stereocenters.